The smallest absolute Gasteiger partial charge is 0.168 e. The first-order valence-electron chi connectivity index (χ1n) is 3.49. The Kier molecular flexibility index (Phi) is 2.59. The Hall–Kier alpha value is -0.456. The van der Waals surface area contributed by atoms with Crippen molar-refractivity contribution in [1.82, 2.24) is 0 Å². The fraction of sp³-hybridized carbons (Fsp3) is 0.100. The SMILES string of the molecule is C[c-]1ccc2ccccc21.[Ti+2]. The predicted molar refractivity (Wildman–Crippen MR) is 44.3 cm³/mol. The zero-order valence-electron chi connectivity index (χ0n) is 6.46. The third-order valence-electron chi connectivity index (χ3n) is 1.90. The Bertz CT molecular complexity index is 346. The second-order valence-electron chi connectivity index (χ2n) is 2.60. The number of fused-ring (bicyclic) bond motifs is 1. The molecule has 2 rings (SSSR count). The maximum atomic E-state index is 2.16. The summed E-state index contributed by atoms with van der Waals surface area (Å²) in [5.74, 6) is 0. The van der Waals surface area contributed by atoms with Crippen LogP contribution < -0.4 is 0 Å². The molecule has 0 aliphatic carbocycles. The molecule has 52 valence electrons. The summed E-state index contributed by atoms with van der Waals surface area (Å²) in [6, 6.07) is 12.8. The molecule has 0 saturated carbocycles. The summed E-state index contributed by atoms with van der Waals surface area (Å²) in [6.07, 6.45) is 0. The normalized spacial score (nSPS) is 9.55. The van der Waals surface area contributed by atoms with Crippen LogP contribution >= 0.6 is 0 Å². The molecule has 0 atom stereocenters. The largest absolute Gasteiger partial charge is 2.00 e. The van der Waals surface area contributed by atoms with E-state index < -0.39 is 0 Å². The van der Waals surface area contributed by atoms with Gasteiger partial charge < -0.3 is 0 Å². The Morgan fingerprint density at radius 2 is 1.82 bits per heavy atom. The molecule has 1 heteroatoms. The molecule has 0 saturated heterocycles. The molecule has 2 aromatic carbocycles. The van der Waals surface area contributed by atoms with Crippen molar-refractivity contribution >= 4 is 10.8 Å². The zero-order valence-corrected chi connectivity index (χ0v) is 8.03. The van der Waals surface area contributed by atoms with Crippen molar-refractivity contribution in [3.05, 3.63) is 42.0 Å². The first-order chi connectivity index (χ1) is 4.88. The summed E-state index contributed by atoms with van der Waals surface area (Å²) in [6.45, 7) is 2.14. The van der Waals surface area contributed by atoms with Gasteiger partial charge in [0.2, 0.25) is 0 Å². The van der Waals surface area contributed by atoms with Gasteiger partial charge in [-0.15, -0.1) is 34.5 Å². The molecule has 0 unspecified atom stereocenters. The van der Waals surface area contributed by atoms with Crippen molar-refractivity contribution in [2.75, 3.05) is 0 Å². The molecule has 0 aliphatic heterocycles. The Labute approximate surface area is 81.5 Å². The Balaban J connectivity index is 0.000000605. The Morgan fingerprint density at radius 1 is 1.09 bits per heavy atom. The minimum atomic E-state index is 0. The molecular weight excluding hydrogens is 168 g/mol. The van der Waals surface area contributed by atoms with Gasteiger partial charge in [-0.25, -0.2) is 0 Å². The maximum absolute atomic E-state index is 2.16. The summed E-state index contributed by atoms with van der Waals surface area (Å²) in [7, 11) is 0. The monoisotopic (exact) mass is 177 g/mol. The van der Waals surface area contributed by atoms with E-state index in [1.165, 1.54) is 16.3 Å². The molecule has 11 heavy (non-hydrogen) atoms. The van der Waals surface area contributed by atoms with Crippen molar-refractivity contribution in [3.8, 4) is 0 Å². The van der Waals surface area contributed by atoms with Crippen molar-refractivity contribution in [2.24, 2.45) is 0 Å². The molecule has 0 bridgehead atoms. The fourth-order valence-electron chi connectivity index (χ4n) is 1.31. The van der Waals surface area contributed by atoms with Gasteiger partial charge in [-0.05, 0) is 0 Å². The topological polar surface area (TPSA) is 0 Å². The van der Waals surface area contributed by atoms with Crippen LogP contribution in [0.1, 0.15) is 5.56 Å². The van der Waals surface area contributed by atoms with Crippen LogP contribution in [0.15, 0.2) is 36.4 Å². The standard InChI is InChI=1S/C10H9.Ti/c1-8-6-7-9-4-2-3-5-10(8)9;/h2-7H,1H3;/q-1;+2. The van der Waals surface area contributed by atoms with Crippen LogP contribution in [-0.2, 0) is 21.7 Å². The van der Waals surface area contributed by atoms with Crippen molar-refractivity contribution in [3.63, 3.8) is 0 Å². The van der Waals surface area contributed by atoms with Gasteiger partial charge in [-0.3, -0.25) is 0 Å². The average molecular weight is 177 g/mol. The summed E-state index contributed by atoms with van der Waals surface area (Å²) in [5.41, 5.74) is 1.37. The molecular formula is C10H9Ti+. The van der Waals surface area contributed by atoms with Crippen LogP contribution in [0.25, 0.3) is 10.8 Å². The Morgan fingerprint density at radius 3 is 2.55 bits per heavy atom. The van der Waals surface area contributed by atoms with Gasteiger partial charge in [0.1, 0.15) is 0 Å². The molecule has 0 amide bonds. The summed E-state index contributed by atoms with van der Waals surface area (Å²) < 4.78 is 0. The van der Waals surface area contributed by atoms with Crippen molar-refractivity contribution < 1.29 is 21.7 Å². The third-order valence-corrected chi connectivity index (χ3v) is 1.90. The molecule has 0 N–H and O–H groups in total. The molecule has 0 fully saturated rings. The predicted octanol–water partition coefficient (Wildman–Crippen LogP) is 2.86. The van der Waals surface area contributed by atoms with Crippen LogP contribution in [0.3, 0.4) is 0 Å². The van der Waals surface area contributed by atoms with E-state index in [2.05, 4.69) is 43.3 Å². The molecule has 2 aromatic rings. The quantitative estimate of drug-likeness (QED) is 0.428. The van der Waals surface area contributed by atoms with E-state index >= 15 is 0 Å². The summed E-state index contributed by atoms with van der Waals surface area (Å²) in [4.78, 5) is 0. The molecule has 0 spiro atoms. The molecule has 0 aliphatic rings. The molecule has 0 radical (unpaired) electrons. The van der Waals surface area contributed by atoms with Crippen LogP contribution in [0.5, 0.6) is 0 Å². The van der Waals surface area contributed by atoms with E-state index in [0.717, 1.165) is 0 Å². The number of aryl methyl sites for hydroxylation is 1. The van der Waals surface area contributed by atoms with Gasteiger partial charge in [-0.1, -0.05) is 13.0 Å². The van der Waals surface area contributed by atoms with Crippen LogP contribution in [0, 0.1) is 6.92 Å². The number of hydrogen-bond donors (Lipinski definition) is 0. The molecule has 0 heterocycles. The fourth-order valence-corrected chi connectivity index (χ4v) is 1.31. The first-order valence-corrected chi connectivity index (χ1v) is 3.49. The van der Waals surface area contributed by atoms with Gasteiger partial charge >= 0.3 is 21.7 Å². The second kappa shape index (κ2) is 3.29. The van der Waals surface area contributed by atoms with Crippen LogP contribution in [-0.4, -0.2) is 0 Å². The summed E-state index contributed by atoms with van der Waals surface area (Å²) >= 11 is 0. The van der Waals surface area contributed by atoms with Crippen molar-refractivity contribution in [1.29, 1.82) is 0 Å². The maximum Gasteiger partial charge on any atom is 2.00 e. The third kappa shape index (κ3) is 1.42. The van der Waals surface area contributed by atoms with Gasteiger partial charge in [0, 0.05) is 0 Å². The first kappa shape index (κ1) is 8.64. The zero-order chi connectivity index (χ0) is 6.97. The number of benzene rings is 1. The van der Waals surface area contributed by atoms with Crippen LogP contribution in [0.4, 0.5) is 0 Å². The second-order valence-corrected chi connectivity index (χ2v) is 2.60. The van der Waals surface area contributed by atoms with E-state index in [1.807, 2.05) is 0 Å². The minimum Gasteiger partial charge on any atom is -0.168 e. The van der Waals surface area contributed by atoms with Crippen molar-refractivity contribution in [2.45, 2.75) is 6.92 Å². The summed E-state index contributed by atoms with van der Waals surface area (Å²) in [5, 5.41) is 2.72. The van der Waals surface area contributed by atoms with Gasteiger partial charge in [0.25, 0.3) is 0 Å². The van der Waals surface area contributed by atoms with Gasteiger partial charge in [0.05, 0.1) is 0 Å². The van der Waals surface area contributed by atoms with E-state index in [-0.39, 0.29) is 21.7 Å². The van der Waals surface area contributed by atoms with Gasteiger partial charge in [-0.2, -0.15) is 12.1 Å². The molecule has 0 nitrogen and oxygen atoms in total. The van der Waals surface area contributed by atoms with E-state index in [0.29, 0.717) is 0 Å². The van der Waals surface area contributed by atoms with E-state index in [9.17, 15) is 0 Å². The molecule has 0 aromatic heterocycles. The minimum absolute atomic E-state index is 0. The van der Waals surface area contributed by atoms with Crippen LogP contribution in [0.2, 0.25) is 0 Å². The number of rotatable bonds is 0. The average Bonchev–Trinajstić information content (AvgIpc) is 2.34. The van der Waals surface area contributed by atoms with E-state index in [1.54, 1.807) is 0 Å². The number of hydrogen-bond acceptors (Lipinski definition) is 0. The van der Waals surface area contributed by atoms with Gasteiger partial charge in [0.15, 0.2) is 0 Å². The van der Waals surface area contributed by atoms with E-state index in [4.69, 9.17) is 0 Å².